The summed E-state index contributed by atoms with van der Waals surface area (Å²) in [7, 11) is 4.53. The maximum atomic E-state index is 12.6. The fraction of sp³-hybridized carbons (Fsp3) is 0.619. The fourth-order valence-corrected chi connectivity index (χ4v) is 3.42. The van der Waals surface area contributed by atoms with Gasteiger partial charge in [0.05, 0.1) is 21.3 Å². The Hall–Kier alpha value is -2.64. The number of methoxy groups -OCH3 is 3. The lowest BCUT2D eigenvalue weighted by Gasteiger charge is -2.21. The second-order valence-electron chi connectivity index (χ2n) is 8.15. The Morgan fingerprint density at radius 1 is 1.03 bits per heavy atom. The number of benzene rings is 1. The number of carbonyl (C=O) groups is 2. The first-order valence-electron chi connectivity index (χ1n) is 9.74. The van der Waals surface area contributed by atoms with E-state index in [9.17, 15) is 9.59 Å². The maximum Gasteiger partial charge on any atom is 0.407 e. The summed E-state index contributed by atoms with van der Waals surface area (Å²) in [5, 5.41) is 5.86. The van der Waals surface area contributed by atoms with Crippen LogP contribution >= 0.6 is 0 Å². The Bertz CT molecular complexity index is 703. The molecule has 2 amide bonds. The number of amides is 2. The number of nitrogens with one attached hydrogen (secondary N) is 2. The van der Waals surface area contributed by atoms with Gasteiger partial charge in [0.1, 0.15) is 5.60 Å². The SMILES string of the molecule is COc1cc(C(=O)NCC2CCC(NC(=O)OC(C)(C)C)C2)cc(OC)c1OC. The zero-order chi connectivity index (χ0) is 21.6. The molecule has 2 unspecified atom stereocenters. The molecule has 1 aliphatic carbocycles. The van der Waals surface area contributed by atoms with E-state index in [4.69, 9.17) is 18.9 Å². The molecule has 0 aliphatic heterocycles. The van der Waals surface area contributed by atoms with Gasteiger partial charge in [-0.2, -0.15) is 0 Å². The van der Waals surface area contributed by atoms with Crippen LogP contribution < -0.4 is 24.8 Å². The van der Waals surface area contributed by atoms with Crippen LogP contribution in [0.1, 0.15) is 50.4 Å². The molecule has 8 heteroatoms. The zero-order valence-electron chi connectivity index (χ0n) is 18.1. The first-order valence-corrected chi connectivity index (χ1v) is 9.74. The lowest BCUT2D eigenvalue weighted by Crippen LogP contribution is -2.38. The number of carbonyl (C=O) groups excluding carboxylic acids is 2. The molecule has 0 aromatic heterocycles. The summed E-state index contributed by atoms with van der Waals surface area (Å²) in [5.41, 5.74) is -0.0859. The van der Waals surface area contributed by atoms with Crippen molar-refractivity contribution in [3.8, 4) is 17.2 Å². The first kappa shape index (κ1) is 22.6. The van der Waals surface area contributed by atoms with E-state index in [0.29, 0.717) is 35.3 Å². The third-order valence-electron chi connectivity index (χ3n) is 4.74. The predicted octanol–water partition coefficient (Wildman–Crippen LogP) is 3.14. The Labute approximate surface area is 172 Å². The van der Waals surface area contributed by atoms with E-state index >= 15 is 0 Å². The van der Waals surface area contributed by atoms with Gasteiger partial charge in [-0.25, -0.2) is 4.79 Å². The number of hydrogen-bond donors (Lipinski definition) is 2. The van der Waals surface area contributed by atoms with Gasteiger partial charge in [0.2, 0.25) is 5.75 Å². The standard InChI is InChI=1S/C21H32N2O6/c1-21(2,3)29-20(25)23-15-8-7-13(9-15)12-22-19(24)14-10-16(26-4)18(28-6)17(11-14)27-5/h10-11,13,15H,7-9,12H2,1-6H3,(H,22,24)(H,23,25). The molecule has 1 aromatic carbocycles. The molecule has 0 saturated heterocycles. The molecule has 0 spiro atoms. The Kier molecular flexibility index (Phi) is 7.59. The van der Waals surface area contributed by atoms with E-state index in [0.717, 1.165) is 19.3 Å². The Balaban J connectivity index is 1.89. The van der Waals surface area contributed by atoms with Crippen LogP contribution in [0.25, 0.3) is 0 Å². The van der Waals surface area contributed by atoms with Crippen molar-refractivity contribution in [3.63, 3.8) is 0 Å². The van der Waals surface area contributed by atoms with Crippen LogP contribution in [0.15, 0.2) is 12.1 Å². The minimum atomic E-state index is -0.517. The van der Waals surface area contributed by atoms with Gasteiger partial charge in [-0.3, -0.25) is 4.79 Å². The summed E-state index contributed by atoms with van der Waals surface area (Å²) in [6.07, 6.45) is 2.19. The van der Waals surface area contributed by atoms with E-state index in [1.54, 1.807) is 12.1 Å². The van der Waals surface area contributed by atoms with Gasteiger partial charge in [0, 0.05) is 18.2 Å². The monoisotopic (exact) mass is 408 g/mol. The average molecular weight is 408 g/mol. The second kappa shape index (κ2) is 9.71. The molecular weight excluding hydrogens is 376 g/mol. The molecule has 2 atom stereocenters. The molecule has 162 valence electrons. The van der Waals surface area contributed by atoms with Gasteiger partial charge in [-0.05, 0) is 58.1 Å². The maximum absolute atomic E-state index is 12.6. The third-order valence-corrected chi connectivity index (χ3v) is 4.74. The van der Waals surface area contributed by atoms with Gasteiger partial charge in [-0.1, -0.05) is 0 Å². The zero-order valence-corrected chi connectivity index (χ0v) is 18.1. The van der Waals surface area contributed by atoms with Crippen LogP contribution in [-0.4, -0.2) is 51.5 Å². The predicted molar refractivity (Wildman–Crippen MR) is 109 cm³/mol. The van der Waals surface area contributed by atoms with Crippen molar-refractivity contribution < 1.29 is 28.5 Å². The highest BCUT2D eigenvalue weighted by molar-refractivity contribution is 5.95. The van der Waals surface area contributed by atoms with E-state index in [-0.39, 0.29) is 11.9 Å². The molecule has 1 saturated carbocycles. The number of ether oxygens (including phenoxy) is 4. The lowest BCUT2D eigenvalue weighted by atomic mass is 10.1. The Morgan fingerprint density at radius 2 is 1.66 bits per heavy atom. The van der Waals surface area contributed by atoms with Crippen molar-refractivity contribution in [2.75, 3.05) is 27.9 Å². The quantitative estimate of drug-likeness (QED) is 0.720. The van der Waals surface area contributed by atoms with E-state index in [1.165, 1.54) is 21.3 Å². The van der Waals surface area contributed by atoms with Crippen molar-refractivity contribution in [2.24, 2.45) is 5.92 Å². The van der Waals surface area contributed by atoms with Crippen LogP contribution in [0.5, 0.6) is 17.2 Å². The first-order chi connectivity index (χ1) is 13.7. The van der Waals surface area contributed by atoms with Crippen molar-refractivity contribution in [3.05, 3.63) is 17.7 Å². The average Bonchev–Trinajstić information content (AvgIpc) is 3.10. The molecule has 0 bridgehead atoms. The summed E-state index contributed by atoms with van der Waals surface area (Å²) in [4.78, 5) is 24.5. The normalized spacial score (nSPS) is 18.7. The summed E-state index contributed by atoms with van der Waals surface area (Å²) in [6.45, 7) is 6.04. The van der Waals surface area contributed by atoms with Crippen LogP contribution in [-0.2, 0) is 4.74 Å². The second-order valence-corrected chi connectivity index (χ2v) is 8.15. The van der Waals surface area contributed by atoms with Crippen molar-refractivity contribution in [1.82, 2.24) is 10.6 Å². The fourth-order valence-electron chi connectivity index (χ4n) is 3.42. The summed E-state index contributed by atoms with van der Waals surface area (Å²) in [5.74, 6) is 1.38. The van der Waals surface area contributed by atoms with Gasteiger partial charge < -0.3 is 29.6 Å². The van der Waals surface area contributed by atoms with E-state index in [2.05, 4.69) is 10.6 Å². The molecule has 0 radical (unpaired) electrons. The lowest BCUT2D eigenvalue weighted by molar-refractivity contribution is 0.0504. The van der Waals surface area contributed by atoms with E-state index in [1.807, 2.05) is 20.8 Å². The van der Waals surface area contributed by atoms with Crippen molar-refractivity contribution >= 4 is 12.0 Å². The summed E-state index contributed by atoms with van der Waals surface area (Å²) >= 11 is 0. The molecule has 8 nitrogen and oxygen atoms in total. The van der Waals surface area contributed by atoms with Crippen LogP contribution in [0.4, 0.5) is 4.79 Å². The number of hydrogen-bond acceptors (Lipinski definition) is 6. The molecular formula is C21H32N2O6. The van der Waals surface area contributed by atoms with Crippen molar-refractivity contribution in [2.45, 2.75) is 51.7 Å². The van der Waals surface area contributed by atoms with Crippen LogP contribution in [0.3, 0.4) is 0 Å². The summed E-state index contributed by atoms with van der Waals surface area (Å²) < 4.78 is 21.2. The van der Waals surface area contributed by atoms with Gasteiger partial charge in [0.15, 0.2) is 11.5 Å². The van der Waals surface area contributed by atoms with Crippen molar-refractivity contribution in [1.29, 1.82) is 0 Å². The number of rotatable bonds is 7. The highest BCUT2D eigenvalue weighted by Gasteiger charge is 2.28. The minimum Gasteiger partial charge on any atom is -0.493 e. The molecule has 2 N–H and O–H groups in total. The van der Waals surface area contributed by atoms with E-state index < -0.39 is 11.7 Å². The van der Waals surface area contributed by atoms with Gasteiger partial charge in [-0.15, -0.1) is 0 Å². The molecule has 1 fully saturated rings. The number of alkyl carbamates (subject to hydrolysis) is 1. The highest BCUT2D eigenvalue weighted by Crippen LogP contribution is 2.38. The minimum absolute atomic E-state index is 0.0629. The molecule has 1 aromatic rings. The van der Waals surface area contributed by atoms with Gasteiger partial charge in [0.25, 0.3) is 5.91 Å². The molecule has 2 rings (SSSR count). The third kappa shape index (κ3) is 6.44. The topological polar surface area (TPSA) is 95.1 Å². The van der Waals surface area contributed by atoms with Gasteiger partial charge >= 0.3 is 6.09 Å². The largest absolute Gasteiger partial charge is 0.493 e. The highest BCUT2D eigenvalue weighted by atomic mass is 16.6. The Morgan fingerprint density at radius 3 is 2.17 bits per heavy atom. The molecule has 29 heavy (non-hydrogen) atoms. The van der Waals surface area contributed by atoms with Crippen LogP contribution in [0, 0.1) is 5.92 Å². The molecule has 1 aliphatic rings. The molecule has 0 heterocycles. The summed E-state index contributed by atoms with van der Waals surface area (Å²) in [6, 6.07) is 3.31. The smallest absolute Gasteiger partial charge is 0.407 e. The van der Waals surface area contributed by atoms with Crippen LogP contribution in [0.2, 0.25) is 0 Å².